The maximum absolute atomic E-state index is 10.8. The van der Waals surface area contributed by atoms with Gasteiger partial charge in [0.15, 0.2) is 0 Å². The molecule has 2 nitrogen and oxygen atoms in total. The van der Waals surface area contributed by atoms with Crippen LogP contribution in [0.25, 0.3) is 0 Å². The summed E-state index contributed by atoms with van der Waals surface area (Å²) in [7, 11) is 0. The second kappa shape index (κ2) is 2.58. The van der Waals surface area contributed by atoms with Crippen molar-refractivity contribution in [2.75, 3.05) is 0 Å². The molecule has 1 aliphatic rings. The monoisotopic (exact) mass is 151 g/mol. The molecule has 1 aliphatic carbocycles. The first-order valence-electron chi connectivity index (χ1n) is 3.83. The van der Waals surface area contributed by atoms with E-state index >= 15 is 0 Å². The Labute approximate surface area is 67.4 Å². The predicted molar refractivity (Wildman–Crippen MR) is 43.8 cm³/mol. The summed E-state index contributed by atoms with van der Waals surface area (Å²) in [5.41, 5.74) is 0.243. The van der Waals surface area contributed by atoms with Crippen LogP contribution in [0.3, 0.4) is 0 Å². The van der Waals surface area contributed by atoms with Crippen molar-refractivity contribution in [2.45, 2.75) is 32.7 Å². The van der Waals surface area contributed by atoms with Gasteiger partial charge in [0.1, 0.15) is 0 Å². The van der Waals surface area contributed by atoms with Gasteiger partial charge in [-0.2, -0.15) is 0 Å². The molecule has 60 valence electrons. The Kier molecular flexibility index (Phi) is 1.90. The Balaban J connectivity index is 2.41. The van der Waals surface area contributed by atoms with E-state index in [0.717, 1.165) is 6.42 Å². The molecule has 1 amide bonds. The van der Waals surface area contributed by atoms with Gasteiger partial charge in [-0.1, -0.05) is 13.8 Å². The van der Waals surface area contributed by atoms with Gasteiger partial charge >= 0.3 is 0 Å². The molecule has 1 fully saturated rings. The van der Waals surface area contributed by atoms with Gasteiger partial charge in [0.2, 0.25) is 0 Å². The maximum Gasteiger partial charge on any atom is 0.295 e. The van der Waals surface area contributed by atoms with Crippen molar-refractivity contribution in [3.63, 3.8) is 0 Å². The van der Waals surface area contributed by atoms with Gasteiger partial charge in [0, 0.05) is 6.04 Å². The molecule has 2 heteroatoms. The molecule has 0 saturated heterocycles. The van der Waals surface area contributed by atoms with Gasteiger partial charge in [0.05, 0.1) is 0 Å². The minimum absolute atomic E-state index is 0.243. The van der Waals surface area contributed by atoms with Crippen LogP contribution < -0.4 is 5.32 Å². The summed E-state index contributed by atoms with van der Waals surface area (Å²) in [6.07, 6.45) is 7.15. The van der Waals surface area contributed by atoms with Crippen molar-refractivity contribution < 1.29 is 4.79 Å². The fourth-order valence-electron chi connectivity index (χ4n) is 1.33. The molecule has 1 saturated carbocycles. The van der Waals surface area contributed by atoms with Crippen LogP contribution in [0.4, 0.5) is 0 Å². The third kappa shape index (κ3) is 1.54. The van der Waals surface area contributed by atoms with E-state index in [1.165, 1.54) is 6.42 Å². The Morgan fingerprint density at radius 2 is 2.36 bits per heavy atom. The molecule has 0 aromatic rings. The number of hydrogen-bond donors (Lipinski definition) is 1. The average Bonchev–Trinajstić information content (AvgIpc) is 1.98. The van der Waals surface area contributed by atoms with E-state index in [1.54, 1.807) is 0 Å². The van der Waals surface area contributed by atoms with Crippen LogP contribution >= 0.6 is 0 Å². The molecule has 1 rings (SSSR count). The molecular formula is C9H13NO. The summed E-state index contributed by atoms with van der Waals surface area (Å²) in [6.45, 7) is 4.27. The molecule has 0 radical (unpaired) electrons. The van der Waals surface area contributed by atoms with Crippen LogP contribution in [0.5, 0.6) is 0 Å². The van der Waals surface area contributed by atoms with Crippen LogP contribution in [0.1, 0.15) is 26.7 Å². The van der Waals surface area contributed by atoms with Crippen LogP contribution in [-0.2, 0) is 4.79 Å². The number of nitrogens with one attached hydrogen (secondary N) is 1. The van der Waals surface area contributed by atoms with Crippen molar-refractivity contribution in [3.05, 3.63) is 0 Å². The molecule has 0 spiro atoms. The van der Waals surface area contributed by atoms with E-state index in [2.05, 4.69) is 25.1 Å². The minimum atomic E-state index is -0.289. The van der Waals surface area contributed by atoms with Crippen LogP contribution in [-0.4, -0.2) is 11.9 Å². The highest BCUT2D eigenvalue weighted by molar-refractivity contribution is 5.93. The number of carbonyl (C=O) groups is 1. The van der Waals surface area contributed by atoms with Crippen molar-refractivity contribution in [2.24, 2.45) is 5.41 Å². The summed E-state index contributed by atoms with van der Waals surface area (Å²) in [5.74, 6) is 1.76. The molecule has 11 heavy (non-hydrogen) atoms. The standard InChI is InChI=1S/C9H13NO/c1-4-8(11)10-7-5-6-9(7,2)3/h1,7H,5-6H2,2-3H3,(H,10,11). The second-order valence-corrected chi connectivity index (χ2v) is 3.70. The fraction of sp³-hybridized carbons (Fsp3) is 0.667. The molecule has 0 aliphatic heterocycles. The molecule has 1 unspecified atom stereocenters. The van der Waals surface area contributed by atoms with Gasteiger partial charge in [-0.3, -0.25) is 4.79 Å². The zero-order valence-electron chi connectivity index (χ0n) is 6.98. The number of amides is 1. The third-order valence-corrected chi connectivity index (χ3v) is 2.46. The molecule has 1 atom stereocenters. The highest BCUT2D eigenvalue weighted by Crippen LogP contribution is 2.39. The molecule has 0 aromatic heterocycles. The van der Waals surface area contributed by atoms with Crippen LogP contribution in [0, 0.1) is 17.8 Å². The molecule has 1 N–H and O–H groups in total. The minimum Gasteiger partial charge on any atom is -0.342 e. The number of hydrogen-bond acceptors (Lipinski definition) is 1. The second-order valence-electron chi connectivity index (χ2n) is 3.70. The van der Waals surface area contributed by atoms with Crippen molar-refractivity contribution >= 4 is 5.91 Å². The smallest absolute Gasteiger partial charge is 0.295 e. The zero-order chi connectivity index (χ0) is 8.48. The predicted octanol–water partition coefficient (Wildman–Crippen LogP) is 0.924. The van der Waals surface area contributed by atoms with Crippen LogP contribution in [0.15, 0.2) is 0 Å². The lowest BCUT2D eigenvalue weighted by molar-refractivity contribution is -0.118. The van der Waals surface area contributed by atoms with E-state index < -0.39 is 0 Å². The zero-order valence-corrected chi connectivity index (χ0v) is 6.98. The quantitative estimate of drug-likeness (QED) is 0.555. The number of carbonyl (C=O) groups excluding carboxylic acids is 1. The molecule has 0 heterocycles. The van der Waals surface area contributed by atoms with Gasteiger partial charge in [0.25, 0.3) is 5.91 Å². The summed E-state index contributed by atoms with van der Waals surface area (Å²) >= 11 is 0. The molecule has 0 aromatic carbocycles. The fourth-order valence-corrected chi connectivity index (χ4v) is 1.33. The number of rotatable bonds is 1. The highest BCUT2D eigenvalue weighted by Gasteiger charge is 2.38. The highest BCUT2D eigenvalue weighted by atomic mass is 16.1. The normalized spacial score (nSPS) is 26.5. The molecule has 0 bridgehead atoms. The van der Waals surface area contributed by atoms with Gasteiger partial charge < -0.3 is 5.32 Å². The van der Waals surface area contributed by atoms with Crippen molar-refractivity contribution in [1.29, 1.82) is 0 Å². The van der Waals surface area contributed by atoms with Crippen molar-refractivity contribution in [1.82, 2.24) is 5.32 Å². The molecular weight excluding hydrogens is 138 g/mol. The summed E-state index contributed by atoms with van der Waals surface area (Å²) in [4.78, 5) is 10.8. The van der Waals surface area contributed by atoms with E-state index in [0.29, 0.717) is 0 Å². The largest absolute Gasteiger partial charge is 0.342 e. The SMILES string of the molecule is C#CC(=O)NC1CCC1(C)C. The Morgan fingerprint density at radius 1 is 1.73 bits per heavy atom. The average molecular weight is 151 g/mol. The summed E-state index contributed by atoms with van der Waals surface area (Å²) < 4.78 is 0. The Bertz CT molecular complexity index is 212. The van der Waals surface area contributed by atoms with E-state index in [4.69, 9.17) is 6.42 Å². The van der Waals surface area contributed by atoms with Gasteiger partial charge in [-0.15, -0.1) is 6.42 Å². The maximum atomic E-state index is 10.8. The number of terminal acetylenes is 1. The summed E-state index contributed by atoms with van der Waals surface area (Å²) in [6, 6.07) is 0.283. The Hall–Kier alpha value is -0.970. The van der Waals surface area contributed by atoms with Gasteiger partial charge in [-0.25, -0.2) is 0 Å². The lowest BCUT2D eigenvalue weighted by Gasteiger charge is -2.44. The first kappa shape index (κ1) is 8.13. The van der Waals surface area contributed by atoms with E-state index in [9.17, 15) is 4.79 Å². The van der Waals surface area contributed by atoms with E-state index in [-0.39, 0.29) is 17.4 Å². The Morgan fingerprint density at radius 3 is 2.64 bits per heavy atom. The first-order chi connectivity index (χ1) is 5.06. The van der Waals surface area contributed by atoms with E-state index in [1.807, 2.05) is 0 Å². The van der Waals surface area contributed by atoms with Gasteiger partial charge in [-0.05, 0) is 24.2 Å². The first-order valence-corrected chi connectivity index (χ1v) is 3.83. The van der Waals surface area contributed by atoms with Crippen LogP contribution in [0.2, 0.25) is 0 Å². The third-order valence-electron chi connectivity index (χ3n) is 2.46. The topological polar surface area (TPSA) is 29.1 Å². The lowest BCUT2D eigenvalue weighted by Crippen LogP contribution is -2.51. The summed E-state index contributed by atoms with van der Waals surface area (Å²) in [5, 5.41) is 2.78. The van der Waals surface area contributed by atoms with Crippen molar-refractivity contribution in [3.8, 4) is 12.3 Å². The lowest BCUT2D eigenvalue weighted by atomic mass is 9.67.